The molecule has 140 valence electrons. The van der Waals surface area contributed by atoms with Crippen molar-refractivity contribution >= 4 is 12.1 Å². The third kappa shape index (κ3) is 9.79. The highest BCUT2D eigenvalue weighted by molar-refractivity contribution is 6.15. The fourth-order valence-electron chi connectivity index (χ4n) is 1.79. The highest BCUT2D eigenvalue weighted by Gasteiger charge is 2.26. The summed E-state index contributed by atoms with van der Waals surface area (Å²) in [5, 5.41) is 0. The maximum Gasteiger partial charge on any atom is 0.408 e. The number of alkyl halides is 4. The summed E-state index contributed by atoms with van der Waals surface area (Å²) in [5.41, 5.74) is 0.319. The second-order valence-corrected chi connectivity index (χ2v) is 5.96. The molecule has 25 heavy (non-hydrogen) atoms. The molecule has 0 aromatic carbocycles. The number of hydrogen-bond acceptors (Lipinski definition) is 1. The molecular formula is C19H26F4N2. The van der Waals surface area contributed by atoms with Crippen LogP contribution < -0.4 is 0 Å². The van der Waals surface area contributed by atoms with E-state index in [1.165, 1.54) is 13.8 Å². The van der Waals surface area contributed by atoms with Gasteiger partial charge in [0.05, 0.1) is 5.71 Å². The Morgan fingerprint density at radius 3 is 2.16 bits per heavy atom. The van der Waals surface area contributed by atoms with Crippen LogP contribution >= 0.6 is 0 Å². The summed E-state index contributed by atoms with van der Waals surface area (Å²) in [6.45, 7) is 10.7. The first kappa shape index (κ1) is 23.0. The van der Waals surface area contributed by atoms with Gasteiger partial charge in [-0.05, 0) is 56.9 Å². The number of rotatable bonds is 8. The molecule has 0 aliphatic carbocycles. The van der Waals surface area contributed by atoms with Gasteiger partial charge in [0.1, 0.15) is 18.6 Å². The van der Waals surface area contributed by atoms with Gasteiger partial charge < -0.3 is 0 Å². The quantitative estimate of drug-likeness (QED) is 0.214. The van der Waals surface area contributed by atoms with E-state index in [1.807, 2.05) is 13.0 Å². The molecule has 0 aliphatic rings. The van der Waals surface area contributed by atoms with Crippen LogP contribution in [-0.4, -0.2) is 30.4 Å². The van der Waals surface area contributed by atoms with Crippen LogP contribution in [0.25, 0.3) is 0 Å². The first-order valence-corrected chi connectivity index (χ1v) is 7.95. The van der Waals surface area contributed by atoms with E-state index >= 15 is 0 Å². The van der Waals surface area contributed by atoms with Crippen LogP contribution in [0.3, 0.4) is 0 Å². The maximum atomic E-state index is 14.4. The predicted octanol–water partition coefficient (Wildman–Crippen LogP) is 6.18. The number of allylic oxidation sites excluding steroid dienone is 7. The third-order valence-corrected chi connectivity index (χ3v) is 3.06. The lowest BCUT2D eigenvalue weighted by Crippen LogP contribution is -2.16. The van der Waals surface area contributed by atoms with E-state index in [2.05, 4.69) is 16.6 Å². The molecule has 0 aromatic heterocycles. The molecule has 0 unspecified atom stereocenters. The Hall–Kier alpha value is -1.98. The van der Waals surface area contributed by atoms with Crippen LogP contribution in [0.4, 0.5) is 17.6 Å². The van der Waals surface area contributed by atoms with Crippen LogP contribution in [0.2, 0.25) is 0 Å². The average Bonchev–Trinajstić information content (AvgIpc) is 2.46. The normalized spacial score (nSPS) is 15.5. The van der Waals surface area contributed by atoms with Crippen molar-refractivity contribution in [3.8, 4) is 0 Å². The fraction of sp³-hybridized carbons (Fsp3) is 0.474. The van der Waals surface area contributed by atoms with E-state index in [-0.39, 0.29) is 0 Å². The van der Waals surface area contributed by atoms with Gasteiger partial charge in [-0.3, -0.25) is 4.99 Å². The summed E-state index contributed by atoms with van der Waals surface area (Å²) >= 11 is 0. The molecule has 0 saturated heterocycles. The Morgan fingerprint density at radius 1 is 1.16 bits per heavy atom. The summed E-state index contributed by atoms with van der Waals surface area (Å²) in [7, 11) is 0. The summed E-state index contributed by atoms with van der Waals surface area (Å²) in [5.74, 6) is 0. The Morgan fingerprint density at radius 2 is 1.76 bits per heavy atom. The lowest BCUT2D eigenvalue weighted by atomic mass is 9.94. The molecule has 0 aliphatic heterocycles. The summed E-state index contributed by atoms with van der Waals surface area (Å²) in [6.07, 6.45) is 4.09. The van der Waals surface area contributed by atoms with Crippen molar-refractivity contribution in [2.45, 2.75) is 52.9 Å². The molecule has 0 spiro atoms. The highest BCUT2D eigenvalue weighted by Crippen LogP contribution is 2.25. The van der Waals surface area contributed by atoms with Gasteiger partial charge in [-0.2, -0.15) is 13.2 Å². The first-order valence-electron chi connectivity index (χ1n) is 7.95. The van der Waals surface area contributed by atoms with E-state index < -0.39 is 18.4 Å². The van der Waals surface area contributed by atoms with Crippen molar-refractivity contribution in [2.75, 3.05) is 6.54 Å². The van der Waals surface area contributed by atoms with Crippen molar-refractivity contribution in [1.82, 2.24) is 0 Å². The molecule has 0 atom stereocenters. The Balaban J connectivity index is 5.79. The molecule has 0 aromatic rings. The van der Waals surface area contributed by atoms with Crippen LogP contribution in [0.1, 0.15) is 41.0 Å². The van der Waals surface area contributed by atoms with Crippen LogP contribution in [0.15, 0.2) is 57.6 Å². The van der Waals surface area contributed by atoms with Gasteiger partial charge in [0, 0.05) is 0 Å². The molecule has 0 amide bonds. The van der Waals surface area contributed by atoms with E-state index in [1.54, 1.807) is 32.1 Å². The van der Waals surface area contributed by atoms with Crippen LogP contribution in [0, 0.1) is 0 Å². The lowest BCUT2D eigenvalue weighted by molar-refractivity contribution is -0.118. The second kappa shape index (κ2) is 10.1. The molecular weight excluding hydrogens is 332 g/mol. The van der Waals surface area contributed by atoms with Crippen molar-refractivity contribution in [3.05, 3.63) is 47.6 Å². The minimum absolute atomic E-state index is 0.361. The zero-order chi connectivity index (χ0) is 19.7. The van der Waals surface area contributed by atoms with Gasteiger partial charge in [0.15, 0.2) is 0 Å². The van der Waals surface area contributed by atoms with Gasteiger partial charge in [0.25, 0.3) is 0 Å². The molecule has 0 saturated carbocycles. The molecule has 0 rings (SSSR count). The number of hydrogen-bond donors (Lipinski definition) is 0. The topological polar surface area (TPSA) is 24.7 Å². The van der Waals surface area contributed by atoms with E-state index in [4.69, 9.17) is 0 Å². The van der Waals surface area contributed by atoms with Gasteiger partial charge in [-0.25, -0.2) is 9.38 Å². The number of aliphatic imine (C=N–C) groups is 2. The van der Waals surface area contributed by atoms with E-state index in [0.29, 0.717) is 22.4 Å². The van der Waals surface area contributed by atoms with Gasteiger partial charge in [-0.15, -0.1) is 0 Å². The Kier molecular flexibility index (Phi) is 9.31. The third-order valence-electron chi connectivity index (χ3n) is 3.06. The van der Waals surface area contributed by atoms with Crippen molar-refractivity contribution in [2.24, 2.45) is 9.98 Å². The van der Waals surface area contributed by atoms with Gasteiger partial charge >= 0.3 is 6.18 Å². The Labute approximate surface area is 147 Å². The van der Waals surface area contributed by atoms with Crippen molar-refractivity contribution in [1.29, 1.82) is 0 Å². The van der Waals surface area contributed by atoms with Crippen LogP contribution in [-0.2, 0) is 0 Å². The molecule has 0 radical (unpaired) electrons. The van der Waals surface area contributed by atoms with Crippen LogP contribution in [0.5, 0.6) is 0 Å². The van der Waals surface area contributed by atoms with Gasteiger partial charge in [0.2, 0.25) is 0 Å². The van der Waals surface area contributed by atoms with E-state index in [9.17, 15) is 17.6 Å². The Bertz CT molecular complexity index is 598. The largest absolute Gasteiger partial charge is 0.408 e. The minimum Gasteiger partial charge on any atom is -0.264 e. The predicted molar refractivity (Wildman–Crippen MR) is 98.1 cm³/mol. The zero-order valence-electron chi connectivity index (χ0n) is 15.4. The molecule has 0 N–H and O–H groups in total. The van der Waals surface area contributed by atoms with Crippen molar-refractivity contribution in [3.63, 3.8) is 0 Å². The smallest absolute Gasteiger partial charge is 0.264 e. The summed E-state index contributed by atoms with van der Waals surface area (Å²) in [6, 6.07) is 0. The first-order chi connectivity index (χ1) is 11.4. The second-order valence-electron chi connectivity index (χ2n) is 5.96. The molecule has 0 bridgehead atoms. The standard InChI is InChI=1S/C19H26F4N2/c1-7-9-10-16(18(5,6)20)11-15(8-2)17(14(3)4)25-13-24-12-19(21,22)23/h8-11,13H,3,7,12H2,1-2,4-6H3/b10-9-,15-8-,16-11+,24-13-,25-17+. The fourth-order valence-corrected chi connectivity index (χ4v) is 1.79. The molecule has 2 nitrogen and oxygen atoms in total. The zero-order valence-corrected chi connectivity index (χ0v) is 15.4. The van der Waals surface area contributed by atoms with Crippen molar-refractivity contribution < 1.29 is 17.6 Å². The minimum atomic E-state index is -4.38. The monoisotopic (exact) mass is 358 g/mol. The SMILES string of the molecule is C=C(C)C(=N\C=N/CC(F)(F)F)/C(=C\C)/C=C(\C=C/CC)C(C)(C)F. The molecule has 0 heterocycles. The number of halogens is 4. The molecule has 0 fully saturated rings. The lowest BCUT2D eigenvalue weighted by Gasteiger charge is -2.17. The maximum absolute atomic E-state index is 14.4. The van der Waals surface area contributed by atoms with Gasteiger partial charge in [-0.1, -0.05) is 31.7 Å². The summed E-state index contributed by atoms with van der Waals surface area (Å²) < 4.78 is 50.8. The molecule has 6 heteroatoms. The number of nitrogens with zero attached hydrogens (tertiary/aromatic N) is 2. The average molecular weight is 358 g/mol. The highest BCUT2D eigenvalue weighted by atomic mass is 19.4. The summed E-state index contributed by atoms with van der Waals surface area (Å²) in [4.78, 5) is 7.22. The van der Waals surface area contributed by atoms with E-state index in [0.717, 1.165) is 12.8 Å².